The monoisotopic (exact) mass is 252 g/mol. The van der Waals surface area contributed by atoms with Crippen LogP contribution in [0.2, 0.25) is 0 Å². The van der Waals surface area contributed by atoms with Gasteiger partial charge in [-0.05, 0) is 57.0 Å². The quantitative estimate of drug-likeness (QED) is 0.761. The van der Waals surface area contributed by atoms with Gasteiger partial charge in [0.2, 0.25) is 0 Å². The van der Waals surface area contributed by atoms with E-state index in [1.54, 1.807) is 0 Å². The molecule has 18 heavy (non-hydrogen) atoms. The molecule has 2 saturated heterocycles. The van der Waals surface area contributed by atoms with Gasteiger partial charge in [0.05, 0.1) is 0 Å². The van der Waals surface area contributed by atoms with Crippen LogP contribution in [-0.2, 0) is 0 Å². The Hall–Kier alpha value is -0.0800. The molecule has 0 aromatic carbocycles. The maximum atomic E-state index is 2.72. The molecular weight excluding hydrogens is 220 g/mol. The van der Waals surface area contributed by atoms with E-state index in [1.807, 2.05) is 0 Å². The van der Waals surface area contributed by atoms with Gasteiger partial charge in [-0.2, -0.15) is 0 Å². The standard InChI is InChI=1S/C16H32N2/c1-13(2)18-10-14(3)15(12-18)11-17-8-6-16(4,5)7-9-17/h13-15H,6-12H2,1-5H3. The Morgan fingerprint density at radius 1 is 1.11 bits per heavy atom. The Morgan fingerprint density at radius 3 is 2.22 bits per heavy atom. The van der Waals surface area contributed by atoms with Crippen molar-refractivity contribution in [3.63, 3.8) is 0 Å². The maximum absolute atomic E-state index is 2.72. The van der Waals surface area contributed by atoms with Gasteiger partial charge in [0.1, 0.15) is 0 Å². The van der Waals surface area contributed by atoms with Gasteiger partial charge in [-0.15, -0.1) is 0 Å². The zero-order chi connectivity index (χ0) is 13.3. The third-order valence-corrected chi connectivity index (χ3v) is 5.23. The Morgan fingerprint density at radius 2 is 1.72 bits per heavy atom. The average Bonchev–Trinajstić information content (AvgIpc) is 2.64. The van der Waals surface area contributed by atoms with Crippen molar-refractivity contribution in [3.8, 4) is 0 Å². The van der Waals surface area contributed by atoms with Crippen LogP contribution >= 0.6 is 0 Å². The van der Waals surface area contributed by atoms with E-state index in [9.17, 15) is 0 Å². The van der Waals surface area contributed by atoms with Crippen molar-refractivity contribution in [2.75, 3.05) is 32.7 Å². The molecule has 106 valence electrons. The highest BCUT2D eigenvalue weighted by Gasteiger charge is 2.33. The van der Waals surface area contributed by atoms with Crippen LogP contribution in [0.3, 0.4) is 0 Å². The van der Waals surface area contributed by atoms with Crippen molar-refractivity contribution in [2.24, 2.45) is 17.3 Å². The summed E-state index contributed by atoms with van der Waals surface area (Å²) in [5.74, 6) is 1.77. The molecule has 2 atom stereocenters. The van der Waals surface area contributed by atoms with Gasteiger partial charge in [-0.1, -0.05) is 20.8 Å². The summed E-state index contributed by atoms with van der Waals surface area (Å²) in [6.07, 6.45) is 2.75. The van der Waals surface area contributed by atoms with Crippen LogP contribution in [-0.4, -0.2) is 48.6 Å². The summed E-state index contributed by atoms with van der Waals surface area (Å²) >= 11 is 0. The minimum absolute atomic E-state index is 0.585. The lowest BCUT2D eigenvalue weighted by molar-refractivity contribution is 0.111. The first-order valence-corrected chi connectivity index (χ1v) is 7.84. The predicted octanol–water partition coefficient (Wildman–Crippen LogP) is 3.08. The summed E-state index contributed by atoms with van der Waals surface area (Å²) < 4.78 is 0. The molecule has 2 aliphatic rings. The van der Waals surface area contributed by atoms with Crippen molar-refractivity contribution < 1.29 is 0 Å². The van der Waals surface area contributed by atoms with E-state index in [1.165, 1.54) is 45.6 Å². The van der Waals surface area contributed by atoms with Crippen molar-refractivity contribution >= 4 is 0 Å². The predicted molar refractivity (Wildman–Crippen MR) is 78.8 cm³/mol. The molecule has 0 N–H and O–H groups in total. The van der Waals surface area contributed by atoms with Crippen molar-refractivity contribution in [2.45, 2.75) is 53.5 Å². The summed E-state index contributed by atoms with van der Waals surface area (Å²) in [5.41, 5.74) is 0.585. The zero-order valence-corrected chi connectivity index (χ0v) is 13.1. The summed E-state index contributed by atoms with van der Waals surface area (Å²) in [6, 6.07) is 0.720. The molecule has 2 unspecified atom stereocenters. The van der Waals surface area contributed by atoms with Crippen molar-refractivity contribution in [1.82, 2.24) is 9.80 Å². The number of likely N-dealkylation sites (tertiary alicyclic amines) is 2. The minimum Gasteiger partial charge on any atom is -0.303 e. The van der Waals surface area contributed by atoms with Gasteiger partial charge in [-0.3, -0.25) is 0 Å². The van der Waals surface area contributed by atoms with E-state index < -0.39 is 0 Å². The van der Waals surface area contributed by atoms with Gasteiger partial charge < -0.3 is 9.80 Å². The molecule has 0 amide bonds. The first-order chi connectivity index (χ1) is 8.37. The molecule has 0 radical (unpaired) electrons. The third kappa shape index (κ3) is 3.48. The van der Waals surface area contributed by atoms with E-state index in [-0.39, 0.29) is 0 Å². The molecular formula is C16H32N2. The number of rotatable bonds is 3. The first-order valence-electron chi connectivity index (χ1n) is 7.84. The third-order valence-electron chi connectivity index (χ3n) is 5.23. The number of piperidine rings is 1. The van der Waals surface area contributed by atoms with Crippen molar-refractivity contribution in [1.29, 1.82) is 0 Å². The summed E-state index contributed by atoms with van der Waals surface area (Å²) in [7, 11) is 0. The van der Waals surface area contributed by atoms with Gasteiger partial charge in [0.25, 0.3) is 0 Å². The van der Waals surface area contributed by atoms with Crippen LogP contribution in [0, 0.1) is 17.3 Å². The molecule has 2 aliphatic heterocycles. The second-order valence-corrected chi connectivity index (χ2v) is 7.75. The van der Waals surface area contributed by atoms with Crippen molar-refractivity contribution in [3.05, 3.63) is 0 Å². The first kappa shape index (κ1) is 14.3. The molecule has 0 bridgehead atoms. The second-order valence-electron chi connectivity index (χ2n) is 7.75. The van der Waals surface area contributed by atoms with Crippen LogP contribution in [0.4, 0.5) is 0 Å². The van der Waals surface area contributed by atoms with Crippen LogP contribution in [0.15, 0.2) is 0 Å². The number of nitrogens with zero attached hydrogens (tertiary/aromatic N) is 2. The van der Waals surface area contributed by atoms with Crippen LogP contribution in [0.5, 0.6) is 0 Å². The lowest BCUT2D eigenvalue weighted by Gasteiger charge is -2.38. The largest absolute Gasteiger partial charge is 0.303 e. The molecule has 2 heterocycles. The highest BCUT2D eigenvalue weighted by atomic mass is 15.2. The minimum atomic E-state index is 0.585. The Labute approximate surface area is 114 Å². The van der Waals surface area contributed by atoms with E-state index in [0.717, 1.165) is 17.9 Å². The topological polar surface area (TPSA) is 6.48 Å². The van der Waals surface area contributed by atoms with E-state index in [0.29, 0.717) is 5.41 Å². The summed E-state index contributed by atoms with van der Waals surface area (Å²) in [4.78, 5) is 5.37. The van der Waals surface area contributed by atoms with Gasteiger partial charge in [0.15, 0.2) is 0 Å². The second kappa shape index (κ2) is 5.50. The normalized spacial score (nSPS) is 34.3. The van der Waals surface area contributed by atoms with Gasteiger partial charge in [0, 0.05) is 25.7 Å². The fraction of sp³-hybridized carbons (Fsp3) is 1.00. The van der Waals surface area contributed by atoms with Crippen LogP contribution < -0.4 is 0 Å². The highest BCUT2D eigenvalue weighted by Crippen LogP contribution is 2.32. The number of hydrogen-bond acceptors (Lipinski definition) is 2. The molecule has 0 aromatic rings. The molecule has 0 saturated carbocycles. The van der Waals surface area contributed by atoms with Gasteiger partial charge in [-0.25, -0.2) is 0 Å². The Balaban J connectivity index is 1.80. The molecule has 0 spiro atoms. The van der Waals surface area contributed by atoms with Crippen LogP contribution in [0.25, 0.3) is 0 Å². The molecule has 0 aromatic heterocycles. The van der Waals surface area contributed by atoms with Gasteiger partial charge >= 0.3 is 0 Å². The Kier molecular flexibility index (Phi) is 4.38. The maximum Gasteiger partial charge on any atom is 0.00388 e. The molecule has 2 fully saturated rings. The fourth-order valence-electron chi connectivity index (χ4n) is 3.41. The fourth-order valence-corrected chi connectivity index (χ4v) is 3.41. The van der Waals surface area contributed by atoms with E-state index in [2.05, 4.69) is 44.4 Å². The van der Waals surface area contributed by atoms with E-state index in [4.69, 9.17) is 0 Å². The highest BCUT2D eigenvalue weighted by molar-refractivity contribution is 4.87. The van der Waals surface area contributed by atoms with Crippen LogP contribution in [0.1, 0.15) is 47.5 Å². The van der Waals surface area contributed by atoms with E-state index >= 15 is 0 Å². The smallest absolute Gasteiger partial charge is 0.00388 e. The number of hydrogen-bond donors (Lipinski definition) is 0. The SMILES string of the molecule is CC1CN(C(C)C)CC1CN1CCC(C)(C)CC1. The lowest BCUT2D eigenvalue weighted by atomic mass is 9.82. The molecule has 2 rings (SSSR count). The molecule has 0 aliphatic carbocycles. The average molecular weight is 252 g/mol. The Bertz CT molecular complexity index is 262. The zero-order valence-electron chi connectivity index (χ0n) is 13.1. The molecule has 2 nitrogen and oxygen atoms in total. The summed E-state index contributed by atoms with van der Waals surface area (Å²) in [5, 5.41) is 0. The molecule has 2 heteroatoms. The lowest BCUT2D eigenvalue weighted by Crippen LogP contribution is -2.41. The summed E-state index contributed by atoms with van der Waals surface area (Å²) in [6.45, 7) is 18.5.